The van der Waals surface area contributed by atoms with Gasteiger partial charge in [-0.15, -0.1) is 0 Å². The molecule has 2 aromatic rings. The number of nitrogens with two attached hydrogens (primary N) is 1. The van der Waals surface area contributed by atoms with Gasteiger partial charge in [0, 0.05) is 31.1 Å². The number of fused-ring (bicyclic) bond motifs is 1. The Morgan fingerprint density at radius 2 is 1.96 bits per heavy atom. The third kappa shape index (κ3) is 2.55. The SMILES string of the molecule is N=Cc1c(N)ncc2c1CCN(S(=O)(=O)c1c(F)cccc1F)C2. The molecule has 1 aromatic carbocycles. The maximum atomic E-state index is 13.9. The normalized spacial score (nSPS) is 15.1. The van der Waals surface area contributed by atoms with Crippen LogP contribution in [-0.2, 0) is 23.0 Å². The van der Waals surface area contributed by atoms with E-state index in [1.54, 1.807) is 0 Å². The molecular weight excluding hydrogens is 338 g/mol. The van der Waals surface area contributed by atoms with E-state index in [2.05, 4.69) is 4.98 Å². The summed E-state index contributed by atoms with van der Waals surface area (Å²) < 4.78 is 54.0. The molecule has 0 saturated carbocycles. The minimum atomic E-state index is -4.33. The van der Waals surface area contributed by atoms with E-state index in [-0.39, 0.29) is 25.3 Å². The number of nitrogens with zero attached hydrogens (tertiary/aromatic N) is 2. The van der Waals surface area contributed by atoms with Crippen LogP contribution in [0.3, 0.4) is 0 Å². The molecule has 0 spiro atoms. The van der Waals surface area contributed by atoms with Gasteiger partial charge in [-0.05, 0) is 29.7 Å². The van der Waals surface area contributed by atoms with Crippen molar-refractivity contribution < 1.29 is 17.2 Å². The molecule has 3 rings (SSSR count). The van der Waals surface area contributed by atoms with Gasteiger partial charge in [-0.1, -0.05) is 6.07 Å². The Morgan fingerprint density at radius 1 is 1.29 bits per heavy atom. The number of hydrogen-bond donors (Lipinski definition) is 2. The van der Waals surface area contributed by atoms with E-state index in [4.69, 9.17) is 11.1 Å². The number of anilines is 1. The van der Waals surface area contributed by atoms with Crippen LogP contribution in [0.4, 0.5) is 14.6 Å². The fourth-order valence-electron chi connectivity index (χ4n) is 2.78. The highest BCUT2D eigenvalue weighted by atomic mass is 32.2. The molecule has 0 radical (unpaired) electrons. The third-order valence-electron chi connectivity index (χ3n) is 3.97. The topological polar surface area (TPSA) is 100 Å². The first-order valence-electron chi connectivity index (χ1n) is 7.07. The van der Waals surface area contributed by atoms with Crippen molar-refractivity contribution in [1.29, 1.82) is 5.41 Å². The molecule has 0 amide bonds. The molecule has 1 aromatic heterocycles. The van der Waals surface area contributed by atoms with Gasteiger partial charge >= 0.3 is 0 Å². The van der Waals surface area contributed by atoms with Gasteiger partial charge in [0.25, 0.3) is 0 Å². The zero-order chi connectivity index (χ0) is 17.5. The number of sulfonamides is 1. The van der Waals surface area contributed by atoms with Crippen molar-refractivity contribution in [2.45, 2.75) is 17.9 Å². The second kappa shape index (κ2) is 5.91. The summed E-state index contributed by atoms with van der Waals surface area (Å²) in [7, 11) is -4.33. The molecule has 0 fully saturated rings. The number of nitrogens with one attached hydrogen (secondary N) is 1. The van der Waals surface area contributed by atoms with Gasteiger partial charge in [0.2, 0.25) is 10.0 Å². The predicted octanol–water partition coefficient (Wildman–Crippen LogP) is 1.69. The van der Waals surface area contributed by atoms with Gasteiger partial charge in [-0.2, -0.15) is 4.31 Å². The number of halogens is 2. The van der Waals surface area contributed by atoms with Crippen LogP contribution in [0.25, 0.3) is 0 Å². The highest BCUT2D eigenvalue weighted by molar-refractivity contribution is 7.89. The van der Waals surface area contributed by atoms with E-state index in [0.717, 1.165) is 34.3 Å². The molecule has 126 valence electrons. The summed E-state index contributed by atoms with van der Waals surface area (Å²) >= 11 is 0. The van der Waals surface area contributed by atoms with Crippen molar-refractivity contribution in [2.24, 2.45) is 0 Å². The van der Waals surface area contributed by atoms with Gasteiger partial charge in [-0.3, -0.25) is 0 Å². The number of rotatable bonds is 3. The number of benzene rings is 1. The van der Waals surface area contributed by atoms with Gasteiger partial charge < -0.3 is 11.1 Å². The molecule has 6 nitrogen and oxygen atoms in total. The minimum Gasteiger partial charge on any atom is -0.383 e. The monoisotopic (exact) mass is 352 g/mol. The Balaban J connectivity index is 2.03. The lowest BCUT2D eigenvalue weighted by Gasteiger charge is -2.29. The van der Waals surface area contributed by atoms with Crippen LogP contribution in [0.2, 0.25) is 0 Å². The molecule has 0 aliphatic carbocycles. The first-order valence-corrected chi connectivity index (χ1v) is 8.51. The molecule has 24 heavy (non-hydrogen) atoms. The van der Waals surface area contributed by atoms with E-state index in [1.165, 1.54) is 6.20 Å². The lowest BCUT2D eigenvalue weighted by atomic mass is 9.98. The van der Waals surface area contributed by atoms with E-state index in [1.807, 2.05) is 0 Å². The van der Waals surface area contributed by atoms with Crippen LogP contribution < -0.4 is 5.73 Å². The molecule has 0 unspecified atom stereocenters. The number of pyridine rings is 1. The molecular formula is C15H14F2N4O2S. The van der Waals surface area contributed by atoms with Gasteiger partial charge in [0.15, 0.2) is 4.90 Å². The predicted molar refractivity (Wildman–Crippen MR) is 84.2 cm³/mol. The second-order valence-corrected chi connectivity index (χ2v) is 7.22. The van der Waals surface area contributed by atoms with Crippen LogP contribution >= 0.6 is 0 Å². The Bertz CT molecular complexity index is 911. The molecule has 1 aliphatic rings. The van der Waals surface area contributed by atoms with Crippen molar-refractivity contribution >= 4 is 22.1 Å². The molecule has 0 bridgehead atoms. The summed E-state index contributed by atoms with van der Waals surface area (Å²) in [5.74, 6) is -2.06. The van der Waals surface area contributed by atoms with Gasteiger partial charge in [-0.25, -0.2) is 22.2 Å². The lowest BCUT2D eigenvalue weighted by Crippen LogP contribution is -2.37. The van der Waals surface area contributed by atoms with Crippen LogP contribution in [-0.4, -0.2) is 30.5 Å². The first kappa shape index (κ1) is 16.5. The molecule has 1 aliphatic heterocycles. The van der Waals surface area contributed by atoms with Gasteiger partial charge in [0.1, 0.15) is 17.5 Å². The van der Waals surface area contributed by atoms with E-state index in [9.17, 15) is 17.2 Å². The molecule has 0 atom stereocenters. The number of nitrogen functional groups attached to an aromatic ring is 1. The van der Waals surface area contributed by atoms with Crippen molar-refractivity contribution in [3.8, 4) is 0 Å². The van der Waals surface area contributed by atoms with Crippen molar-refractivity contribution in [3.05, 3.63) is 52.7 Å². The lowest BCUT2D eigenvalue weighted by molar-refractivity contribution is 0.383. The summed E-state index contributed by atoms with van der Waals surface area (Å²) in [6.07, 6.45) is 2.78. The first-order chi connectivity index (χ1) is 11.4. The summed E-state index contributed by atoms with van der Waals surface area (Å²) in [6, 6.07) is 2.92. The average molecular weight is 352 g/mol. The Morgan fingerprint density at radius 3 is 2.58 bits per heavy atom. The Kier molecular flexibility index (Phi) is 4.06. The third-order valence-corrected chi connectivity index (χ3v) is 5.86. The highest BCUT2D eigenvalue weighted by Crippen LogP contribution is 2.29. The largest absolute Gasteiger partial charge is 0.383 e. The van der Waals surface area contributed by atoms with Crippen LogP contribution in [0, 0.1) is 17.0 Å². The average Bonchev–Trinajstić information content (AvgIpc) is 2.54. The number of aromatic nitrogens is 1. The summed E-state index contributed by atoms with van der Waals surface area (Å²) in [4.78, 5) is 2.99. The quantitative estimate of drug-likeness (QED) is 0.821. The van der Waals surface area contributed by atoms with Gasteiger partial charge in [0.05, 0.1) is 0 Å². The standard InChI is InChI=1S/C15H14F2N4O2S/c16-12-2-1-3-13(17)14(12)24(22,23)21-5-4-10-9(8-21)7-20-15(19)11(10)6-18/h1-3,6-7,18H,4-5,8H2,(H2,19,20). The zero-order valence-corrected chi connectivity index (χ0v) is 13.3. The minimum absolute atomic E-state index is 0.0351. The van der Waals surface area contributed by atoms with Crippen molar-refractivity contribution in [1.82, 2.24) is 9.29 Å². The fraction of sp³-hybridized carbons (Fsp3) is 0.200. The fourth-order valence-corrected chi connectivity index (χ4v) is 4.31. The molecule has 9 heteroatoms. The highest BCUT2D eigenvalue weighted by Gasteiger charge is 2.33. The summed E-state index contributed by atoms with van der Waals surface area (Å²) in [6.45, 7) is -0.0486. The molecule has 2 heterocycles. The van der Waals surface area contributed by atoms with Crippen LogP contribution in [0.1, 0.15) is 16.7 Å². The number of hydrogen-bond acceptors (Lipinski definition) is 5. The van der Waals surface area contributed by atoms with Crippen molar-refractivity contribution in [2.75, 3.05) is 12.3 Å². The van der Waals surface area contributed by atoms with Crippen molar-refractivity contribution in [3.63, 3.8) is 0 Å². The molecule has 3 N–H and O–H groups in total. The Labute approximate surface area is 137 Å². The Hall–Kier alpha value is -2.39. The van der Waals surface area contributed by atoms with E-state index in [0.29, 0.717) is 11.1 Å². The van der Waals surface area contributed by atoms with Crippen LogP contribution in [0.5, 0.6) is 0 Å². The van der Waals surface area contributed by atoms with E-state index >= 15 is 0 Å². The van der Waals surface area contributed by atoms with E-state index < -0.39 is 26.6 Å². The zero-order valence-electron chi connectivity index (χ0n) is 12.5. The smallest absolute Gasteiger partial charge is 0.249 e. The summed E-state index contributed by atoms with van der Waals surface area (Å²) in [5, 5.41) is 7.41. The summed E-state index contributed by atoms with van der Waals surface area (Å²) in [5.41, 5.74) is 7.46. The molecule has 0 saturated heterocycles. The van der Waals surface area contributed by atoms with Crippen LogP contribution in [0.15, 0.2) is 29.3 Å². The second-order valence-electron chi connectivity index (χ2n) is 5.34. The maximum absolute atomic E-state index is 13.9. The maximum Gasteiger partial charge on any atom is 0.249 e.